The van der Waals surface area contributed by atoms with Gasteiger partial charge >= 0.3 is 6.18 Å². The highest BCUT2D eigenvalue weighted by Crippen LogP contribution is 2.40. The molecule has 0 atom stereocenters. The first-order valence-corrected chi connectivity index (χ1v) is 7.62. The van der Waals surface area contributed by atoms with Crippen molar-refractivity contribution in [1.82, 2.24) is 15.0 Å². The fourth-order valence-corrected chi connectivity index (χ4v) is 2.43. The van der Waals surface area contributed by atoms with Crippen LogP contribution >= 0.6 is 11.6 Å². The number of aromatic nitrogens is 3. The fourth-order valence-electron chi connectivity index (χ4n) is 2.16. The normalized spacial score (nSPS) is 11.4. The molecule has 1 aromatic carbocycles. The van der Waals surface area contributed by atoms with Gasteiger partial charge in [-0.15, -0.1) is 0 Å². The molecule has 2 heterocycles. The number of benzene rings is 1. The fraction of sp³-hybridized carbons (Fsp3) is 0.118. The number of nitrogens with one attached hydrogen (secondary N) is 1. The number of aryl methyl sites for hydroxylation is 1. The van der Waals surface area contributed by atoms with Gasteiger partial charge in [0.25, 0.3) is 0 Å². The molecule has 0 saturated heterocycles. The lowest BCUT2D eigenvalue weighted by Crippen LogP contribution is -2.13. The van der Waals surface area contributed by atoms with Crippen LogP contribution < -0.4 is 5.32 Å². The van der Waals surface area contributed by atoms with E-state index in [1.54, 1.807) is 42.5 Å². The minimum Gasteiger partial charge on any atom is -0.340 e. The summed E-state index contributed by atoms with van der Waals surface area (Å²) in [5, 5.41) is 1.99. The van der Waals surface area contributed by atoms with Crippen LogP contribution in [-0.4, -0.2) is 15.0 Å². The number of rotatable bonds is 3. The molecule has 0 bridgehead atoms. The SMILES string of the molecule is Cc1ccc(Nc2nc(-c3ccccn3)nc(Cl)c2C(F)(F)F)cc1. The molecule has 8 heteroatoms. The summed E-state index contributed by atoms with van der Waals surface area (Å²) in [6.45, 7) is 1.88. The van der Waals surface area contributed by atoms with E-state index >= 15 is 0 Å². The van der Waals surface area contributed by atoms with Crippen LogP contribution in [0.3, 0.4) is 0 Å². The van der Waals surface area contributed by atoms with Gasteiger partial charge in [-0.25, -0.2) is 9.97 Å². The van der Waals surface area contributed by atoms with Gasteiger partial charge in [0.15, 0.2) is 5.82 Å². The average Bonchev–Trinajstić information content (AvgIpc) is 2.56. The maximum absolute atomic E-state index is 13.4. The monoisotopic (exact) mass is 364 g/mol. The Labute approximate surface area is 146 Å². The minimum atomic E-state index is -4.70. The maximum atomic E-state index is 13.4. The molecular weight excluding hydrogens is 353 g/mol. The van der Waals surface area contributed by atoms with Crippen LogP contribution in [0.5, 0.6) is 0 Å². The zero-order valence-electron chi connectivity index (χ0n) is 13.0. The molecule has 3 aromatic rings. The summed E-state index contributed by atoms with van der Waals surface area (Å²) in [7, 11) is 0. The van der Waals surface area contributed by atoms with Gasteiger partial charge in [0.2, 0.25) is 0 Å². The van der Waals surface area contributed by atoms with E-state index in [-0.39, 0.29) is 5.82 Å². The first kappa shape index (κ1) is 17.2. The van der Waals surface area contributed by atoms with Crippen molar-refractivity contribution in [3.8, 4) is 11.5 Å². The van der Waals surface area contributed by atoms with E-state index in [1.165, 1.54) is 6.20 Å². The molecule has 128 valence electrons. The van der Waals surface area contributed by atoms with Gasteiger partial charge in [-0.3, -0.25) is 4.98 Å². The van der Waals surface area contributed by atoms with Crippen LogP contribution in [0.2, 0.25) is 5.15 Å². The second kappa shape index (κ2) is 6.68. The quantitative estimate of drug-likeness (QED) is 0.644. The van der Waals surface area contributed by atoms with E-state index < -0.39 is 22.7 Å². The lowest BCUT2D eigenvalue weighted by atomic mass is 10.2. The molecule has 0 unspecified atom stereocenters. The predicted octanol–water partition coefficient (Wildman–Crippen LogP) is 5.26. The van der Waals surface area contributed by atoms with Crippen LogP contribution in [0, 0.1) is 6.92 Å². The molecular formula is C17H12ClF3N4. The zero-order valence-corrected chi connectivity index (χ0v) is 13.7. The third kappa shape index (κ3) is 3.88. The van der Waals surface area contributed by atoms with Crippen molar-refractivity contribution in [2.75, 3.05) is 5.32 Å². The summed E-state index contributed by atoms with van der Waals surface area (Å²) >= 11 is 5.82. The summed E-state index contributed by atoms with van der Waals surface area (Å²) < 4.78 is 40.2. The highest BCUT2D eigenvalue weighted by molar-refractivity contribution is 6.30. The second-order valence-electron chi connectivity index (χ2n) is 5.27. The number of nitrogens with zero attached hydrogens (tertiary/aromatic N) is 3. The second-order valence-corrected chi connectivity index (χ2v) is 5.62. The van der Waals surface area contributed by atoms with Crippen LogP contribution in [0.15, 0.2) is 48.7 Å². The van der Waals surface area contributed by atoms with Crippen molar-refractivity contribution < 1.29 is 13.2 Å². The Morgan fingerprint density at radius 1 is 1.00 bits per heavy atom. The van der Waals surface area contributed by atoms with E-state index in [2.05, 4.69) is 20.3 Å². The molecule has 0 saturated carbocycles. The molecule has 2 aromatic heterocycles. The number of alkyl halides is 3. The number of hydrogen-bond donors (Lipinski definition) is 1. The van der Waals surface area contributed by atoms with E-state index in [0.717, 1.165) is 5.56 Å². The molecule has 0 fully saturated rings. The topological polar surface area (TPSA) is 50.7 Å². The van der Waals surface area contributed by atoms with E-state index in [1.807, 2.05) is 6.92 Å². The minimum absolute atomic E-state index is 0.00760. The van der Waals surface area contributed by atoms with Crippen molar-refractivity contribution in [2.24, 2.45) is 0 Å². The van der Waals surface area contributed by atoms with Gasteiger partial charge in [-0.05, 0) is 31.2 Å². The van der Waals surface area contributed by atoms with Gasteiger partial charge < -0.3 is 5.32 Å². The first-order valence-electron chi connectivity index (χ1n) is 7.24. The standard InChI is InChI=1S/C17H12ClF3N4/c1-10-5-7-11(8-6-10)23-16-13(17(19,20)21)14(18)24-15(25-16)12-4-2-3-9-22-12/h2-9H,1H3,(H,23,24,25). The molecule has 0 aliphatic rings. The Hall–Kier alpha value is -2.67. The molecule has 1 N–H and O–H groups in total. The lowest BCUT2D eigenvalue weighted by Gasteiger charge is -2.16. The van der Waals surface area contributed by atoms with E-state index in [0.29, 0.717) is 11.4 Å². The van der Waals surface area contributed by atoms with Gasteiger partial charge in [0, 0.05) is 11.9 Å². The highest BCUT2D eigenvalue weighted by atomic mass is 35.5. The van der Waals surface area contributed by atoms with Crippen LogP contribution in [0.1, 0.15) is 11.1 Å². The Morgan fingerprint density at radius 3 is 2.32 bits per heavy atom. The molecule has 3 rings (SSSR count). The Kier molecular flexibility index (Phi) is 4.59. The van der Waals surface area contributed by atoms with E-state index in [4.69, 9.17) is 11.6 Å². The van der Waals surface area contributed by atoms with Gasteiger partial charge in [0.05, 0.1) is 0 Å². The maximum Gasteiger partial charge on any atom is 0.422 e. The Bertz CT molecular complexity index is 881. The summed E-state index contributed by atoms with van der Waals surface area (Å²) in [6, 6.07) is 11.8. The van der Waals surface area contributed by atoms with Crippen molar-refractivity contribution >= 4 is 23.1 Å². The summed E-state index contributed by atoms with van der Waals surface area (Å²) in [5.41, 5.74) is 0.647. The molecule has 0 aliphatic heterocycles. The molecule has 0 aliphatic carbocycles. The first-order chi connectivity index (χ1) is 11.8. The highest BCUT2D eigenvalue weighted by Gasteiger charge is 2.38. The number of hydrogen-bond acceptors (Lipinski definition) is 4. The third-order valence-corrected chi connectivity index (χ3v) is 3.63. The van der Waals surface area contributed by atoms with Crippen molar-refractivity contribution in [3.63, 3.8) is 0 Å². The van der Waals surface area contributed by atoms with Crippen LogP contribution in [-0.2, 0) is 6.18 Å². The van der Waals surface area contributed by atoms with Crippen LogP contribution in [0.25, 0.3) is 11.5 Å². The number of pyridine rings is 1. The molecule has 25 heavy (non-hydrogen) atoms. The van der Waals surface area contributed by atoms with E-state index in [9.17, 15) is 13.2 Å². The van der Waals surface area contributed by atoms with Gasteiger partial charge in [0.1, 0.15) is 22.2 Å². The third-order valence-electron chi connectivity index (χ3n) is 3.36. The summed E-state index contributed by atoms with van der Waals surface area (Å²) in [6.07, 6.45) is -3.20. The van der Waals surface area contributed by atoms with Crippen molar-refractivity contribution in [3.05, 3.63) is 64.9 Å². The van der Waals surface area contributed by atoms with Gasteiger partial charge in [-0.2, -0.15) is 13.2 Å². The van der Waals surface area contributed by atoms with Crippen molar-refractivity contribution in [2.45, 2.75) is 13.1 Å². The van der Waals surface area contributed by atoms with Crippen LogP contribution in [0.4, 0.5) is 24.7 Å². The average molecular weight is 365 g/mol. The smallest absolute Gasteiger partial charge is 0.340 e. The molecule has 0 amide bonds. The largest absolute Gasteiger partial charge is 0.422 e. The molecule has 0 spiro atoms. The number of anilines is 2. The molecule has 4 nitrogen and oxygen atoms in total. The predicted molar refractivity (Wildman–Crippen MR) is 89.7 cm³/mol. The molecule has 0 radical (unpaired) electrons. The zero-order chi connectivity index (χ0) is 18.0. The Balaban J connectivity index is 2.12. The lowest BCUT2D eigenvalue weighted by molar-refractivity contribution is -0.137. The summed E-state index contributed by atoms with van der Waals surface area (Å²) in [5.74, 6) is -0.412. The van der Waals surface area contributed by atoms with Gasteiger partial charge in [-0.1, -0.05) is 35.4 Å². The summed E-state index contributed by atoms with van der Waals surface area (Å²) in [4.78, 5) is 11.8. The Morgan fingerprint density at radius 2 is 1.72 bits per heavy atom. The van der Waals surface area contributed by atoms with Crippen molar-refractivity contribution in [1.29, 1.82) is 0 Å². The number of halogens is 4.